The fraction of sp³-hybridized carbons (Fsp3) is 0.286. The maximum atomic E-state index is 12.9. The number of H-pyrrole nitrogens is 1. The van der Waals surface area contributed by atoms with Crippen molar-refractivity contribution in [2.24, 2.45) is 5.92 Å². The van der Waals surface area contributed by atoms with Crippen molar-refractivity contribution in [2.45, 2.75) is 19.3 Å². The highest BCUT2D eigenvalue weighted by Gasteiger charge is 2.25. The van der Waals surface area contributed by atoms with E-state index in [0.717, 1.165) is 43.3 Å². The van der Waals surface area contributed by atoms with Crippen LogP contribution in [0.4, 0.5) is 0 Å². The summed E-state index contributed by atoms with van der Waals surface area (Å²) in [6.45, 7) is 1.60. The first kappa shape index (κ1) is 16.2. The van der Waals surface area contributed by atoms with Crippen LogP contribution in [-0.4, -0.2) is 28.9 Å². The molecule has 0 atom stereocenters. The lowest BCUT2D eigenvalue weighted by Gasteiger charge is -2.32. The summed E-state index contributed by atoms with van der Waals surface area (Å²) in [5, 5.41) is 1.56. The number of likely N-dealkylation sites (tertiary alicyclic amines) is 1. The molecule has 0 radical (unpaired) electrons. The smallest absolute Gasteiger partial charge is 0.255 e. The van der Waals surface area contributed by atoms with E-state index in [2.05, 4.69) is 35.3 Å². The number of halogens is 1. The molecule has 1 aliphatic heterocycles. The molecular formula is C21H21ClN2O. The summed E-state index contributed by atoms with van der Waals surface area (Å²) in [6, 6.07) is 16.4. The van der Waals surface area contributed by atoms with E-state index < -0.39 is 0 Å². The van der Waals surface area contributed by atoms with Gasteiger partial charge in [0.1, 0.15) is 0 Å². The van der Waals surface area contributed by atoms with Crippen molar-refractivity contribution < 1.29 is 4.79 Å². The normalized spacial score (nSPS) is 15.6. The Balaban J connectivity index is 1.43. The molecule has 0 spiro atoms. The molecule has 0 bridgehead atoms. The predicted octanol–water partition coefficient (Wildman–Crippen LogP) is 4.92. The first-order valence-electron chi connectivity index (χ1n) is 8.81. The van der Waals surface area contributed by atoms with Gasteiger partial charge in [0.25, 0.3) is 5.91 Å². The maximum Gasteiger partial charge on any atom is 0.255 e. The Morgan fingerprint density at radius 2 is 1.84 bits per heavy atom. The van der Waals surface area contributed by atoms with Crippen LogP contribution in [-0.2, 0) is 6.42 Å². The molecule has 4 rings (SSSR count). The summed E-state index contributed by atoms with van der Waals surface area (Å²) in [6.07, 6.45) is 5.03. The monoisotopic (exact) mass is 352 g/mol. The van der Waals surface area contributed by atoms with Gasteiger partial charge in [0.2, 0.25) is 0 Å². The number of rotatable bonds is 3. The van der Waals surface area contributed by atoms with E-state index in [1.54, 1.807) is 0 Å². The molecule has 128 valence electrons. The number of hydrogen-bond donors (Lipinski definition) is 1. The van der Waals surface area contributed by atoms with Gasteiger partial charge in [-0.1, -0.05) is 48.0 Å². The van der Waals surface area contributed by atoms with Gasteiger partial charge in [-0.25, -0.2) is 0 Å². The lowest BCUT2D eigenvalue weighted by Crippen LogP contribution is -2.39. The SMILES string of the molecule is O=C(c1ccc2cc[nH]c2c1Cl)N1CCC(Cc2ccccc2)CC1. The Labute approximate surface area is 152 Å². The molecule has 2 aromatic carbocycles. The fourth-order valence-corrected chi connectivity index (χ4v) is 4.02. The van der Waals surface area contributed by atoms with Gasteiger partial charge in [-0.15, -0.1) is 0 Å². The number of nitrogens with one attached hydrogen (secondary N) is 1. The van der Waals surface area contributed by atoms with Gasteiger partial charge in [0.15, 0.2) is 0 Å². The standard InChI is InChI=1S/C21H21ClN2O/c22-19-18(7-6-17-8-11-23-20(17)19)21(25)24-12-9-16(10-13-24)14-15-4-2-1-3-5-15/h1-8,11,16,23H,9-10,12-14H2. The van der Waals surface area contributed by atoms with Crippen molar-refractivity contribution in [1.82, 2.24) is 9.88 Å². The number of piperidine rings is 1. The van der Waals surface area contributed by atoms with Crippen molar-refractivity contribution in [3.63, 3.8) is 0 Å². The van der Waals surface area contributed by atoms with Gasteiger partial charge in [-0.05, 0) is 42.9 Å². The van der Waals surface area contributed by atoms with Gasteiger partial charge >= 0.3 is 0 Å². The van der Waals surface area contributed by atoms with Crippen LogP contribution >= 0.6 is 11.6 Å². The van der Waals surface area contributed by atoms with Crippen LogP contribution in [0.5, 0.6) is 0 Å². The third-order valence-electron chi connectivity index (χ3n) is 5.16. The maximum absolute atomic E-state index is 12.9. The van der Waals surface area contributed by atoms with Crippen LogP contribution in [0, 0.1) is 5.92 Å². The van der Waals surface area contributed by atoms with Crippen molar-refractivity contribution in [1.29, 1.82) is 0 Å². The lowest BCUT2D eigenvalue weighted by atomic mass is 9.90. The average Bonchev–Trinajstić information content (AvgIpc) is 3.13. The summed E-state index contributed by atoms with van der Waals surface area (Å²) in [7, 11) is 0. The number of benzene rings is 2. The molecule has 3 aromatic rings. The molecule has 1 aromatic heterocycles. The highest BCUT2D eigenvalue weighted by atomic mass is 35.5. The number of fused-ring (bicyclic) bond motifs is 1. The minimum Gasteiger partial charge on any atom is -0.360 e. The lowest BCUT2D eigenvalue weighted by molar-refractivity contribution is 0.0691. The summed E-state index contributed by atoms with van der Waals surface area (Å²) in [4.78, 5) is 17.9. The molecule has 1 saturated heterocycles. The molecule has 1 amide bonds. The van der Waals surface area contributed by atoms with Crippen LogP contribution < -0.4 is 0 Å². The number of nitrogens with zero attached hydrogens (tertiary/aromatic N) is 1. The number of amides is 1. The minimum absolute atomic E-state index is 0.0414. The fourth-order valence-electron chi connectivity index (χ4n) is 3.71. The zero-order valence-electron chi connectivity index (χ0n) is 14.0. The van der Waals surface area contributed by atoms with E-state index in [4.69, 9.17) is 11.6 Å². The molecule has 1 N–H and O–H groups in total. The molecule has 1 aliphatic rings. The van der Waals surface area contributed by atoms with E-state index >= 15 is 0 Å². The van der Waals surface area contributed by atoms with E-state index in [1.165, 1.54) is 5.56 Å². The second-order valence-electron chi connectivity index (χ2n) is 6.79. The third kappa shape index (κ3) is 3.29. The second-order valence-corrected chi connectivity index (χ2v) is 7.17. The number of aromatic nitrogens is 1. The first-order valence-corrected chi connectivity index (χ1v) is 9.19. The molecule has 4 heteroatoms. The average molecular weight is 353 g/mol. The van der Waals surface area contributed by atoms with Crippen molar-refractivity contribution in [3.05, 3.63) is 70.9 Å². The van der Waals surface area contributed by atoms with Gasteiger partial charge in [-0.3, -0.25) is 4.79 Å². The van der Waals surface area contributed by atoms with Crippen molar-refractivity contribution in [2.75, 3.05) is 13.1 Å². The van der Waals surface area contributed by atoms with E-state index in [9.17, 15) is 4.79 Å². The van der Waals surface area contributed by atoms with Gasteiger partial charge in [-0.2, -0.15) is 0 Å². The third-order valence-corrected chi connectivity index (χ3v) is 5.56. The molecule has 3 nitrogen and oxygen atoms in total. The van der Waals surface area contributed by atoms with Crippen LogP contribution in [0.3, 0.4) is 0 Å². The number of carbonyl (C=O) groups is 1. The van der Waals surface area contributed by atoms with Crippen LogP contribution in [0.2, 0.25) is 5.02 Å². The molecular weight excluding hydrogens is 332 g/mol. The summed E-state index contributed by atoms with van der Waals surface area (Å²) in [5.41, 5.74) is 2.82. The second kappa shape index (κ2) is 6.93. The van der Waals surface area contributed by atoms with E-state index in [-0.39, 0.29) is 5.91 Å². The van der Waals surface area contributed by atoms with Crippen molar-refractivity contribution in [3.8, 4) is 0 Å². The summed E-state index contributed by atoms with van der Waals surface area (Å²) >= 11 is 6.45. The van der Waals surface area contributed by atoms with Crippen LogP contribution in [0.1, 0.15) is 28.8 Å². The Morgan fingerprint density at radius 3 is 2.60 bits per heavy atom. The van der Waals surface area contributed by atoms with E-state index in [0.29, 0.717) is 16.5 Å². The van der Waals surface area contributed by atoms with Crippen LogP contribution in [0.25, 0.3) is 10.9 Å². The zero-order valence-corrected chi connectivity index (χ0v) is 14.8. The highest BCUT2D eigenvalue weighted by Crippen LogP contribution is 2.29. The van der Waals surface area contributed by atoms with Crippen molar-refractivity contribution >= 4 is 28.4 Å². The predicted molar refractivity (Wildman–Crippen MR) is 102 cm³/mol. The summed E-state index contributed by atoms with van der Waals surface area (Å²) < 4.78 is 0. The van der Waals surface area contributed by atoms with Gasteiger partial charge < -0.3 is 9.88 Å². The van der Waals surface area contributed by atoms with Crippen LogP contribution in [0.15, 0.2) is 54.7 Å². The number of hydrogen-bond acceptors (Lipinski definition) is 1. The molecule has 25 heavy (non-hydrogen) atoms. The molecule has 0 saturated carbocycles. The Bertz CT molecular complexity index is 879. The number of aromatic amines is 1. The quantitative estimate of drug-likeness (QED) is 0.713. The Hall–Kier alpha value is -2.26. The molecule has 1 fully saturated rings. The first-order chi connectivity index (χ1) is 12.2. The molecule has 0 unspecified atom stereocenters. The summed E-state index contributed by atoms with van der Waals surface area (Å²) in [5.74, 6) is 0.687. The largest absolute Gasteiger partial charge is 0.360 e. The van der Waals surface area contributed by atoms with Gasteiger partial charge in [0, 0.05) is 24.7 Å². The minimum atomic E-state index is 0.0414. The van der Waals surface area contributed by atoms with Gasteiger partial charge in [0.05, 0.1) is 16.1 Å². The Kier molecular flexibility index (Phi) is 4.50. The molecule has 2 heterocycles. The number of carbonyl (C=O) groups excluding carboxylic acids is 1. The zero-order chi connectivity index (χ0) is 17.2. The molecule has 0 aliphatic carbocycles. The van der Waals surface area contributed by atoms with E-state index in [1.807, 2.05) is 29.3 Å². The highest BCUT2D eigenvalue weighted by molar-refractivity contribution is 6.38. The topological polar surface area (TPSA) is 36.1 Å². The Morgan fingerprint density at radius 1 is 1.08 bits per heavy atom.